The summed E-state index contributed by atoms with van der Waals surface area (Å²) in [4.78, 5) is 4.31. The van der Waals surface area contributed by atoms with Crippen LogP contribution in [0.3, 0.4) is 0 Å². The first-order valence-electron chi connectivity index (χ1n) is 4.38. The topological polar surface area (TPSA) is 47.0 Å². The summed E-state index contributed by atoms with van der Waals surface area (Å²) in [6.07, 6.45) is 2.78. The van der Waals surface area contributed by atoms with Crippen molar-refractivity contribution in [1.82, 2.24) is 4.98 Å². The molecule has 2 rings (SSSR count). The van der Waals surface area contributed by atoms with Gasteiger partial charge in [0.05, 0.1) is 9.92 Å². The fourth-order valence-electron chi connectivity index (χ4n) is 1.37. The third kappa shape index (κ3) is 2.11. The molecular formula is C10H8ClNO2S2. The molecule has 0 amide bonds. The molecule has 84 valence electrons. The summed E-state index contributed by atoms with van der Waals surface area (Å²) in [7, 11) is -3.30. The molecule has 16 heavy (non-hydrogen) atoms. The molecule has 1 aromatic carbocycles. The summed E-state index contributed by atoms with van der Waals surface area (Å²) in [6.45, 7) is 0. The van der Waals surface area contributed by atoms with E-state index >= 15 is 0 Å². The molecule has 1 heterocycles. The van der Waals surface area contributed by atoms with Gasteiger partial charge in [-0.15, -0.1) is 11.3 Å². The minimum absolute atomic E-state index is 0.218. The van der Waals surface area contributed by atoms with Crippen LogP contribution in [0.25, 0.3) is 10.6 Å². The summed E-state index contributed by atoms with van der Waals surface area (Å²) in [5, 5.41) is 2.80. The van der Waals surface area contributed by atoms with Gasteiger partial charge in [0.25, 0.3) is 0 Å². The van der Waals surface area contributed by atoms with Crippen molar-refractivity contribution in [3.63, 3.8) is 0 Å². The molecule has 0 radical (unpaired) electrons. The van der Waals surface area contributed by atoms with E-state index in [1.54, 1.807) is 23.7 Å². The molecule has 0 spiro atoms. The van der Waals surface area contributed by atoms with Crippen molar-refractivity contribution in [2.45, 2.75) is 4.90 Å². The number of thiazole rings is 1. The lowest BCUT2D eigenvalue weighted by molar-refractivity contribution is 0.602. The minimum Gasteiger partial charge on any atom is -0.244 e. The number of hydrogen-bond acceptors (Lipinski definition) is 4. The Morgan fingerprint density at radius 1 is 1.38 bits per heavy atom. The van der Waals surface area contributed by atoms with E-state index in [2.05, 4.69) is 4.98 Å². The van der Waals surface area contributed by atoms with Crippen molar-refractivity contribution < 1.29 is 8.42 Å². The zero-order valence-electron chi connectivity index (χ0n) is 8.34. The summed E-state index contributed by atoms with van der Waals surface area (Å²) in [5.74, 6) is 0. The Bertz CT molecular complexity index is 606. The van der Waals surface area contributed by atoms with Crippen LogP contribution in [0.2, 0.25) is 5.02 Å². The van der Waals surface area contributed by atoms with Crippen LogP contribution < -0.4 is 0 Å². The van der Waals surface area contributed by atoms with Crippen molar-refractivity contribution in [2.24, 2.45) is 0 Å². The van der Waals surface area contributed by atoms with Crippen LogP contribution in [0.5, 0.6) is 0 Å². The second-order valence-electron chi connectivity index (χ2n) is 3.22. The number of nitrogens with zero attached hydrogens (tertiary/aromatic N) is 1. The molecule has 0 aliphatic carbocycles. The highest BCUT2D eigenvalue weighted by atomic mass is 35.5. The van der Waals surface area contributed by atoms with Crippen LogP contribution in [0.15, 0.2) is 34.7 Å². The molecule has 0 saturated carbocycles. The number of benzene rings is 1. The molecule has 0 saturated heterocycles. The maximum atomic E-state index is 11.6. The lowest BCUT2D eigenvalue weighted by atomic mass is 10.2. The highest BCUT2D eigenvalue weighted by Crippen LogP contribution is 2.34. The van der Waals surface area contributed by atoms with Crippen LogP contribution in [0.1, 0.15) is 0 Å². The lowest BCUT2D eigenvalue weighted by Gasteiger charge is -2.06. The van der Waals surface area contributed by atoms with E-state index in [0.717, 1.165) is 6.26 Å². The Labute approximate surface area is 103 Å². The zero-order valence-corrected chi connectivity index (χ0v) is 10.7. The SMILES string of the molecule is CS(=O)(=O)c1cccc(Cl)c1-c1nccs1. The molecule has 0 bridgehead atoms. The summed E-state index contributed by atoms with van der Waals surface area (Å²) in [5.41, 5.74) is 0.488. The van der Waals surface area contributed by atoms with Gasteiger partial charge in [0, 0.05) is 23.4 Å². The van der Waals surface area contributed by atoms with Gasteiger partial charge in [0.15, 0.2) is 9.84 Å². The van der Waals surface area contributed by atoms with Gasteiger partial charge >= 0.3 is 0 Å². The fourth-order valence-corrected chi connectivity index (χ4v) is 3.42. The van der Waals surface area contributed by atoms with Crippen molar-refractivity contribution in [2.75, 3.05) is 6.26 Å². The van der Waals surface area contributed by atoms with E-state index in [-0.39, 0.29) is 4.90 Å². The molecule has 0 atom stereocenters. The molecule has 0 N–H and O–H groups in total. The van der Waals surface area contributed by atoms with Gasteiger partial charge in [-0.25, -0.2) is 13.4 Å². The van der Waals surface area contributed by atoms with Gasteiger partial charge in [0.1, 0.15) is 5.01 Å². The molecule has 3 nitrogen and oxygen atoms in total. The maximum Gasteiger partial charge on any atom is 0.176 e. The van der Waals surface area contributed by atoms with Crippen LogP contribution in [-0.2, 0) is 9.84 Å². The van der Waals surface area contributed by atoms with Crippen LogP contribution in [-0.4, -0.2) is 19.7 Å². The number of rotatable bonds is 2. The van der Waals surface area contributed by atoms with E-state index in [1.165, 1.54) is 17.4 Å². The van der Waals surface area contributed by atoms with E-state index in [4.69, 9.17) is 11.6 Å². The van der Waals surface area contributed by atoms with E-state index < -0.39 is 9.84 Å². The van der Waals surface area contributed by atoms with E-state index in [1.807, 2.05) is 0 Å². The Morgan fingerprint density at radius 3 is 2.69 bits per heavy atom. The van der Waals surface area contributed by atoms with Gasteiger partial charge in [-0.2, -0.15) is 0 Å². The third-order valence-corrected chi connectivity index (χ3v) is 4.27. The number of halogens is 1. The average molecular weight is 274 g/mol. The van der Waals surface area contributed by atoms with E-state index in [9.17, 15) is 8.42 Å². The largest absolute Gasteiger partial charge is 0.244 e. The van der Waals surface area contributed by atoms with Crippen LogP contribution in [0.4, 0.5) is 0 Å². The lowest BCUT2D eigenvalue weighted by Crippen LogP contribution is -2.00. The first-order valence-corrected chi connectivity index (χ1v) is 7.53. The molecule has 0 unspecified atom stereocenters. The Hall–Kier alpha value is -0.910. The zero-order chi connectivity index (χ0) is 11.8. The number of sulfone groups is 1. The van der Waals surface area contributed by atoms with Gasteiger partial charge in [-0.05, 0) is 12.1 Å². The highest BCUT2D eigenvalue weighted by Gasteiger charge is 2.18. The highest BCUT2D eigenvalue weighted by molar-refractivity contribution is 7.90. The molecular weight excluding hydrogens is 266 g/mol. The van der Waals surface area contributed by atoms with Gasteiger partial charge in [-0.3, -0.25) is 0 Å². The normalized spacial score (nSPS) is 11.6. The predicted molar refractivity (Wildman–Crippen MR) is 65.7 cm³/mol. The quantitative estimate of drug-likeness (QED) is 0.845. The average Bonchev–Trinajstić information content (AvgIpc) is 2.68. The Kier molecular flexibility index (Phi) is 3.01. The standard InChI is InChI=1S/C10H8ClNO2S2/c1-16(13,14)8-4-2-3-7(11)9(8)10-12-5-6-15-10/h2-6H,1H3. The first-order chi connectivity index (χ1) is 7.50. The van der Waals surface area contributed by atoms with Crippen molar-refractivity contribution in [3.8, 4) is 10.6 Å². The molecule has 1 aromatic heterocycles. The Morgan fingerprint density at radius 2 is 2.12 bits per heavy atom. The maximum absolute atomic E-state index is 11.6. The van der Waals surface area contributed by atoms with Gasteiger partial charge in [0.2, 0.25) is 0 Å². The summed E-state index contributed by atoms with van der Waals surface area (Å²) >= 11 is 7.39. The summed E-state index contributed by atoms with van der Waals surface area (Å²) < 4.78 is 23.2. The predicted octanol–water partition coefficient (Wildman–Crippen LogP) is 2.87. The number of aromatic nitrogens is 1. The fraction of sp³-hybridized carbons (Fsp3) is 0.100. The molecule has 2 aromatic rings. The van der Waals surface area contributed by atoms with Crippen molar-refractivity contribution in [1.29, 1.82) is 0 Å². The summed E-state index contributed by atoms with van der Waals surface area (Å²) in [6, 6.07) is 4.82. The van der Waals surface area contributed by atoms with Gasteiger partial charge in [-0.1, -0.05) is 17.7 Å². The minimum atomic E-state index is -3.30. The third-order valence-electron chi connectivity index (χ3n) is 2.02. The Balaban J connectivity index is 2.78. The first kappa shape index (κ1) is 11.6. The monoisotopic (exact) mass is 273 g/mol. The second kappa shape index (κ2) is 4.16. The number of hydrogen-bond donors (Lipinski definition) is 0. The molecule has 0 aliphatic heterocycles. The second-order valence-corrected chi connectivity index (χ2v) is 6.51. The van der Waals surface area contributed by atoms with Crippen molar-refractivity contribution in [3.05, 3.63) is 34.8 Å². The van der Waals surface area contributed by atoms with Crippen molar-refractivity contribution >= 4 is 32.8 Å². The molecule has 0 fully saturated rings. The van der Waals surface area contributed by atoms with E-state index in [0.29, 0.717) is 15.6 Å². The smallest absolute Gasteiger partial charge is 0.176 e. The molecule has 6 heteroatoms. The van der Waals surface area contributed by atoms with Crippen LogP contribution in [0, 0.1) is 0 Å². The van der Waals surface area contributed by atoms with Gasteiger partial charge < -0.3 is 0 Å². The van der Waals surface area contributed by atoms with Crippen LogP contribution >= 0.6 is 22.9 Å². The molecule has 0 aliphatic rings.